The molecule has 0 aliphatic heterocycles. The third-order valence-electron chi connectivity index (χ3n) is 5.93. The number of carboxylic acids is 1. The zero-order chi connectivity index (χ0) is 24.4. The Morgan fingerprint density at radius 1 is 1.15 bits per heavy atom. The highest BCUT2D eigenvalue weighted by Crippen LogP contribution is 2.42. The van der Waals surface area contributed by atoms with Gasteiger partial charge in [-0.1, -0.05) is 47.5 Å². The largest absolute Gasteiger partial charge is 0.482 e. The first-order valence-corrected chi connectivity index (χ1v) is 12.5. The molecule has 1 aliphatic rings. The highest BCUT2D eigenvalue weighted by Gasteiger charge is 2.31. The predicted molar refractivity (Wildman–Crippen MR) is 135 cm³/mol. The Hall–Kier alpha value is -2.58. The lowest BCUT2D eigenvalue weighted by Gasteiger charge is -2.35. The summed E-state index contributed by atoms with van der Waals surface area (Å²) in [5.74, 6) is -0.556. The fraction of sp³-hybridized carbons (Fsp3) is 0.240. The molecule has 0 bridgehead atoms. The number of rotatable bonds is 7. The number of ether oxygens (including phenoxy) is 1. The van der Waals surface area contributed by atoms with Crippen LogP contribution in [-0.4, -0.2) is 26.4 Å². The number of fused-ring (bicyclic) bond motifs is 1. The summed E-state index contributed by atoms with van der Waals surface area (Å²) < 4.78 is 29.8. The normalized spacial score (nSPS) is 15.9. The molecular formula is C25H23Cl2NO5S. The summed E-state index contributed by atoms with van der Waals surface area (Å²) in [5.41, 5.74) is 5.11. The minimum absolute atomic E-state index is 0.363. The molecule has 6 nitrogen and oxygen atoms in total. The Kier molecular flexibility index (Phi) is 7.48. The molecule has 0 heterocycles. The van der Waals surface area contributed by atoms with Gasteiger partial charge in [0.05, 0.1) is 21.8 Å². The van der Waals surface area contributed by atoms with E-state index in [1.807, 2.05) is 37.3 Å². The monoisotopic (exact) mass is 519 g/mol. The van der Waals surface area contributed by atoms with Gasteiger partial charge in [0.2, 0.25) is 0 Å². The van der Waals surface area contributed by atoms with Crippen molar-refractivity contribution in [3.05, 3.63) is 81.3 Å². The van der Waals surface area contributed by atoms with E-state index in [1.165, 1.54) is 4.31 Å². The van der Waals surface area contributed by atoms with Gasteiger partial charge in [0.25, 0.3) is 11.3 Å². The zero-order valence-electron chi connectivity index (χ0n) is 18.3. The van der Waals surface area contributed by atoms with E-state index in [2.05, 4.69) is 0 Å². The van der Waals surface area contributed by atoms with Crippen LogP contribution in [0, 0.1) is 6.92 Å². The molecule has 0 aromatic heterocycles. The van der Waals surface area contributed by atoms with Gasteiger partial charge in [0.15, 0.2) is 6.61 Å². The SMILES string of the molecule is Cc1cc(N(C2CCCc3c(OCC(=O)O)cccc32)S(=O)O)ccc1-c1ccc(Cl)c(Cl)c1. The van der Waals surface area contributed by atoms with E-state index < -0.39 is 23.8 Å². The molecule has 0 saturated carbocycles. The van der Waals surface area contributed by atoms with Crippen LogP contribution in [0.25, 0.3) is 11.1 Å². The maximum atomic E-state index is 12.6. The van der Waals surface area contributed by atoms with Crippen LogP contribution in [0.15, 0.2) is 54.6 Å². The van der Waals surface area contributed by atoms with E-state index in [-0.39, 0.29) is 6.04 Å². The second kappa shape index (κ2) is 10.4. The number of carbonyl (C=O) groups is 1. The van der Waals surface area contributed by atoms with Gasteiger partial charge in [-0.25, -0.2) is 9.00 Å². The van der Waals surface area contributed by atoms with Crippen LogP contribution in [0.5, 0.6) is 5.75 Å². The van der Waals surface area contributed by atoms with Gasteiger partial charge >= 0.3 is 5.97 Å². The molecule has 4 rings (SSSR count). The molecule has 178 valence electrons. The Balaban J connectivity index is 1.71. The van der Waals surface area contributed by atoms with Crippen molar-refractivity contribution >= 4 is 46.1 Å². The molecular weight excluding hydrogens is 497 g/mol. The summed E-state index contributed by atoms with van der Waals surface area (Å²) in [6, 6.07) is 16.1. The summed E-state index contributed by atoms with van der Waals surface area (Å²) in [6.07, 6.45) is 2.16. The molecule has 1 aliphatic carbocycles. The average Bonchev–Trinajstić information content (AvgIpc) is 2.80. The average molecular weight is 520 g/mol. The lowest BCUT2D eigenvalue weighted by atomic mass is 9.86. The van der Waals surface area contributed by atoms with Crippen LogP contribution >= 0.6 is 23.2 Å². The molecule has 0 amide bonds. The first kappa shape index (κ1) is 24.5. The van der Waals surface area contributed by atoms with Crippen molar-refractivity contribution in [3.8, 4) is 16.9 Å². The number of nitrogens with zero attached hydrogens (tertiary/aromatic N) is 1. The topological polar surface area (TPSA) is 87.1 Å². The third kappa shape index (κ3) is 5.08. The lowest BCUT2D eigenvalue weighted by molar-refractivity contribution is -0.139. The second-order valence-electron chi connectivity index (χ2n) is 8.10. The molecule has 2 unspecified atom stereocenters. The molecule has 3 aromatic carbocycles. The summed E-state index contributed by atoms with van der Waals surface area (Å²) in [6.45, 7) is 1.50. The molecule has 0 fully saturated rings. The van der Waals surface area contributed by atoms with Crippen molar-refractivity contribution in [3.63, 3.8) is 0 Å². The fourth-order valence-corrected chi connectivity index (χ4v) is 5.49. The van der Waals surface area contributed by atoms with Gasteiger partial charge in [-0.05, 0) is 84.3 Å². The van der Waals surface area contributed by atoms with Gasteiger partial charge in [-0.2, -0.15) is 0 Å². The van der Waals surface area contributed by atoms with E-state index in [9.17, 15) is 13.6 Å². The quantitative estimate of drug-likeness (QED) is 0.350. The second-order valence-corrected chi connectivity index (χ2v) is 9.77. The maximum Gasteiger partial charge on any atom is 0.341 e. The maximum absolute atomic E-state index is 12.6. The van der Waals surface area contributed by atoms with Crippen LogP contribution in [0.2, 0.25) is 10.0 Å². The van der Waals surface area contributed by atoms with Crippen molar-refractivity contribution in [1.29, 1.82) is 0 Å². The lowest BCUT2D eigenvalue weighted by Crippen LogP contribution is -2.33. The third-order valence-corrected chi connectivity index (χ3v) is 7.47. The van der Waals surface area contributed by atoms with Crippen molar-refractivity contribution in [2.24, 2.45) is 0 Å². The van der Waals surface area contributed by atoms with Gasteiger partial charge in [-0.15, -0.1) is 0 Å². The van der Waals surface area contributed by atoms with Crippen LogP contribution < -0.4 is 9.04 Å². The number of anilines is 1. The van der Waals surface area contributed by atoms with Crippen LogP contribution in [0.4, 0.5) is 5.69 Å². The summed E-state index contributed by atoms with van der Waals surface area (Å²) in [7, 11) is 0. The summed E-state index contributed by atoms with van der Waals surface area (Å²) in [4.78, 5) is 11.0. The van der Waals surface area contributed by atoms with Gasteiger partial charge in [0, 0.05) is 0 Å². The molecule has 34 heavy (non-hydrogen) atoms. The van der Waals surface area contributed by atoms with Gasteiger partial charge in [0.1, 0.15) is 5.75 Å². The fourth-order valence-electron chi connectivity index (χ4n) is 4.46. The van der Waals surface area contributed by atoms with Crippen molar-refractivity contribution < 1.29 is 23.4 Å². The number of benzene rings is 3. The van der Waals surface area contributed by atoms with Crippen molar-refractivity contribution in [2.75, 3.05) is 10.9 Å². The van der Waals surface area contributed by atoms with E-state index in [0.29, 0.717) is 34.3 Å². The predicted octanol–water partition coefficient (Wildman–Crippen LogP) is 6.45. The van der Waals surface area contributed by atoms with Gasteiger partial charge in [-0.3, -0.25) is 8.86 Å². The summed E-state index contributed by atoms with van der Waals surface area (Å²) in [5, 5.41) is 9.91. The van der Waals surface area contributed by atoms with Crippen molar-refractivity contribution in [2.45, 2.75) is 32.2 Å². The van der Waals surface area contributed by atoms with E-state index in [1.54, 1.807) is 24.3 Å². The smallest absolute Gasteiger partial charge is 0.341 e. The standard InChI is InChI=1S/C25H23Cl2NO5S/c1-15-12-17(9-10-18(15)16-8-11-21(26)22(27)13-16)28(34(31)32)23-6-2-5-20-19(23)4-3-7-24(20)33-14-25(29)30/h3-4,7-13,23H,2,5-6,14H2,1H3,(H,29,30)(H,31,32). The molecule has 0 spiro atoms. The Bertz CT molecular complexity index is 1270. The minimum atomic E-state index is -2.28. The minimum Gasteiger partial charge on any atom is -0.482 e. The van der Waals surface area contributed by atoms with Crippen molar-refractivity contribution in [1.82, 2.24) is 0 Å². The number of hydrogen-bond donors (Lipinski definition) is 2. The number of hydrogen-bond acceptors (Lipinski definition) is 3. The number of aliphatic carboxylic acids is 1. The molecule has 0 radical (unpaired) electrons. The highest BCUT2D eigenvalue weighted by atomic mass is 35.5. The zero-order valence-corrected chi connectivity index (χ0v) is 20.7. The molecule has 0 saturated heterocycles. The first-order valence-electron chi connectivity index (χ1n) is 10.7. The van der Waals surface area contributed by atoms with E-state index in [0.717, 1.165) is 34.2 Å². The van der Waals surface area contributed by atoms with Crippen LogP contribution in [0.3, 0.4) is 0 Å². The number of aryl methyl sites for hydroxylation is 1. The highest BCUT2D eigenvalue weighted by molar-refractivity contribution is 7.80. The molecule has 3 aromatic rings. The first-order chi connectivity index (χ1) is 16.3. The Morgan fingerprint density at radius 2 is 1.94 bits per heavy atom. The number of halogens is 2. The molecule has 9 heteroatoms. The Morgan fingerprint density at radius 3 is 2.62 bits per heavy atom. The Labute approximate surface area is 210 Å². The van der Waals surface area contributed by atoms with Gasteiger partial charge < -0.3 is 9.84 Å². The van der Waals surface area contributed by atoms with Crippen LogP contribution in [-0.2, 0) is 22.5 Å². The van der Waals surface area contributed by atoms with E-state index >= 15 is 0 Å². The molecule has 2 atom stereocenters. The van der Waals surface area contributed by atoms with E-state index in [4.69, 9.17) is 33.0 Å². The molecule has 2 N–H and O–H groups in total. The van der Waals surface area contributed by atoms with Crippen LogP contribution in [0.1, 0.15) is 35.6 Å². The number of carboxylic acid groups (broad SMARTS) is 1. The summed E-state index contributed by atoms with van der Waals surface area (Å²) >= 11 is 9.95.